The van der Waals surface area contributed by atoms with E-state index in [0.29, 0.717) is 27.9 Å². The Bertz CT molecular complexity index is 1110. The minimum Gasteiger partial charge on any atom is -0.461 e. The zero-order valence-corrected chi connectivity index (χ0v) is 20.2. The summed E-state index contributed by atoms with van der Waals surface area (Å²) in [6.07, 6.45) is 8.52. The predicted octanol–water partition coefficient (Wildman–Crippen LogP) is 4.69. The lowest BCUT2D eigenvalue weighted by molar-refractivity contribution is -0.133. The average Bonchev–Trinajstić information content (AvgIpc) is 3.11. The highest BCUT2D eigenvalue weighted by atomic mass is 35.5. The summed E-state index contributed by atoms with van der Waals surface area (Å²) in [7, 11) is 0. The van der Waals surface area contributed by atoms with Gasteiger partial charge in [0.25, 0.3) is 0 Å². The van der Waals surface area contributed by atoms with E-state index >= 15 is 0 Å². The van der Waals surface area contributed by atoms with Gasteiger partial charge < -0.3 is 19.9 Å². The molecule has 0 saturated carbocycles. The molecule has 1 aromatic heterocycles. The molecule has 0 aliphatic heterocycles. The van der Waals surface area contributed by atoms with Crippen molar-refractivity contribution < 1.29 is 19.1 Å². The Morgan fingerprint density at radius 1 is 1.30 bits per heavy atom. The molecule has 8 heteroatoms. The third-order valence-electron chi connectivity index (χ3n) is 5.20. The molecule has 0 saturated heterocycles. The van der Waals surface area contributed by atoms with Crippen LogP contribution in [0.1, 0.15) is 62.6 Å². The molecule has 2 amide bonds. The molecule has 0 bridgehead atoms. The van der Waals surface area contributed by atoms with Crippen LogP contribution in [0.5, 0.6) is 0 Å². The lowest BCUT2D eigenvalue weighted by Crippen LogP contribution is -2.48. The Labute approximate surface area is 198 Å². The van der Waals surface area contributed by atoms with Gasteiger partial charge in [0.15, 0.2) is 0 Å². The van der Waals surface area contributed by atoms with Crippen LogP contribution in [0.3, 0.4) is 0 Å². The molecule has 0 radical (unpaired) electrons. The number of esters is 1. The van der Waals surface area contributed by atoms with Crippen LogP contribution in [0.4, 0.5) is 0 Å². The molecule has 2 aromatic rings. The second kappa shape index (κ2) is 10.3. The van der Waals surface area contributed by atoms with Gasteiger partial charge in [-0.2, -0.15) is 0 Å². The summed E-state index contributed by atoms with van der Waals surface area (Å²) in [5.41, 5.74) is 1.48. The molecule has 1 atom stereocenters. The van der Waals surface area contributed by atoms with Gasteiger partial charge >= 0.3 is 5.97 Å². The molecule has 176 valence electrons. The fourth-order valence-electron chi connectivity index (χ4n) is 3.91. The van der Waals surface area contributed by atoms with E-state index in [2.05, 4.69) is 16.4 Å². The molecular weight excluding hydrogens is 442 g/mol. The van der Waals surface area contributed by atoms with Crippen molar-refractivity contribution in [3.63, 3.8) is 0 Å². The Morgan fingerprint density at radius 3 is 2.67 bits per heavy atom. The largest absolute Gasteiger partial charge is 0.461 e. The summed E-state index contributed by atoms with van der Waals surface area (Å²) in [4.78, 5) is 43.3. The highest BCUT2D eigenvalue weighted by molar-refractivity contribution is 6.31. The number of rotatable bonds is 8. The summed E-state index contributed by atoms with van der Waals surface area (Å²) >= 11 is 6.17. The van der Waals surface area contributed by atoms with Crippen molar-refractivity contribution in [3.8, 4) is 0 Å². The first-order valence-corrected chi connectivity index (χ1v) is 11.4. The number of hydrogen-bond donors (Lipinski definition) is 2. The maximum Gasteiger partial charge on any atom is 0.355 e. The van der Waals surface area contributed by atoms with Crippen molar-refractivity contribution in [2.24, 2.45) is 0 Å². The van der Waals surface area contributed by atoms with Crippen LogP contribution in [0.25, 0.3) is 10.9 Å². The first-order valence-electron chi connectivity index (χ1n) is 11.0. The van der Waals surface area contributed by atoms with Gasteiger partial charge in [0.1, 0.15) is 11.7 Å². The number of nitrogens with one attached hydrogen (secondary N) is 2. The van der Waals surface area contributed by atoms with Crippen LogP contribution in [0, 0.1) is 0 Å². The molecule has 1 aromatic carbocycles. The van der Waals surface area contributed by atoms with E-state index in [1.807, 2.05) is 32.9 Å². The van der Waals surface area contributed by atoms with Gasteiger partial charge in [-0.25, -0.2) is 4.79 Å². The molecule has 2 N–H and O–H groups in total. The number of allylic oxidation sites excluding steroid dienone is 2. The van der Waals surface area contributed by atoms with Crippen LogP contribution < -0.4 is 5.32 Å². The van der Waals surface area contributed by atoms with Gasteiger partial charge in [0, 0.05) is 33.6 Å². The first-order chi connectivity index (χ1) is 15.6. The summed E-state index contributed by atoms with van der Waals surface area (Å²) < 4.78 is 5.26. The third-order valence-corrected chi connectivity index (χ3v) is 5.44. The van der Waals surface area contributed by atoms with E-state index in [4.69, 9.17) is 16.3 Å². The van der Waals surface area contributed by atoms with Crippen molar-refractivity contribution in [3.05, 3.63) is 58.3 Å². The van der Waals surface area contributed by atoms with Gasteiger partial charge in [-0.05, 0) is 58.2 Å². The van der Waals surface area contributed by atoms with Gasteiger partial charge in [0.2, 0.25) is 12.3 Å². The van der Waals surface area contributed by atoms with Gasteiger partial charge in [-0.15, -0.1) is 0 Å². The van der Waals surface area contributed by atoms with Crippen LogP contribution in [-0.4, -0.2) is 46.9 Å². The zero-order chi connectivity index (χ0) is 24.2. The number of hydrogen-bond acceptors (Lipinski definition) is 4. The minimum atomic E-state index is -1.06. The van der Waals surface area contributed by atoms with Gasteiger partial charge in [-0.3, -0.25) is 9.59 Å². The monoisotopic (exact) mass is 471 g/mol. The van der Waals surface area contributed by atoms with Gasteiger partial charge in [-0.1, -0.05) is 35.9 Å². The number of aromatic amines is 1. The van der Waals surface area contributed by atoms with Gasteiger partial charge in [0.05, 0.1) is 6.61 Å². The second-order valence-electron chi connectivity index (χ2n) is 9.00. The van der Waals surface area contributed by atoms with Crippen molar-refractivity contribution in [2.75, 3.05) is 13.2 Å². The Morgan fingerprint density at radius 2 is 2.06 bits per heavy atom. The number of ether oxygens (including phenoxy) is 1. The number of carbonyl (C=O) groups excluding carboxylic acids is 3. The number of nitrogens with zero attached hydrogens (tertiary/aromatic N) is 1. The summed E-state index contributed by atoms with van der Waals surface area (Å²) in [5.74, 6) is -0.993. The third kappa shape index (κ3) is 5.85. The lowest BCUT2D eigenvalue weighted by Gasteiger charge is -2.32. The molecule has 1 aliphatic rings. The van der Waals surface area contributed by atoms with Crippen LogP contribution >= 0.6 is 11.6 Å². The zero-order valence-electron chi connectivity index (χ0n) is 19.4. The standard InChI is InChI=1S/C25H30ClN3O4/c1-5-33-24(32)21-20(18-12-11-17(26)13-19(18)27-21)22(23(31)28-25(2,3)4)29(15-30)14-16-9-7-6-8-10-16/h7,9-13,15,22,27H,5-6,8,14H2,1-4H3,(H,28,31). The molecule has 0 spiro atoms. The van der Waals surface area contributed by atoms with Crippen LogP contribution in [0.2, 0.25) is 5.02 Å². The SMILES string of the molecule is CCOC(=O)c1[nH]c2cc(Cl)ccc2c1C(C(=O)NC(C)(C)C)N(C=O)CC1=CCCC=C1. The summed E-state index contributed by atoms with van der Waals surface area (Å²) in [6.45, 7) is 7.69. The topological polar surface area (TPSA) is 91.5 Å². The molecule has 33 heavy (non-hydrogen) atoms. The summed E-state index contributed by atoms with van der Waals surface area (Å²) in [5, 5.41) is 4.06. The number of aromatic nitrogens is 1. The number of benzene rings is 1. The van der Waals surface area contributed by atoms with E-state index in [9.17, 15) is 14.4 Å². The van der Waals surface area contributed by atoms with Crippen molar-refractivity contribution in [1.29, 1.82) is 0 Å². The highest BCUT2D eigenvalue weighted by Gasteiger charge is 2.36. The molecule has 1 aliphatic carbocycles. The average molecular weight is 472 g/mol. The molecule has 7 nitrogen and oxygen atoms in total. The lowest BCUT2D eigenvalue weighted by atomic mass is 9.97. The van der Waals surface area contributed by atoms with E-state index in [1.54, 1.807) is 25.1 Å². The predicted molar refractivity (Wildman–Crippen MR) is 129 cm³/mol. The number of halogens is 1. The second-order valence-corrected chi connectivity index (χ2v) is 9.44. The van der Waals surface area contributed by atoms with E-state index in [1.165, 1.54) is 4.90 Å². The maximum atomic E-state index is 13.6. The fraction of sp³-hybridized carbons (Fsp3) is 0.400. The smallest absolute Gasteiger partial charge is 0.355 e. The Balaban J connectivity index is 2.20. The van der Waals surface area contributed by atoms with Crippen molar-refractivity contribution in [2.45, 2.75) is 52.1 Å². The number of H-pyrrole nitrogens is 1. The Hall–Kier alpha value is -3.06. The minimum absolute atomic E-state index is 0.128. The van der Waals surface area contributed by atoms with E-state index < -0.39 is 23.5 Å². The Kier molecular flexibility index (Phi) is 7.64. The van der Waals surface area contributed by atoms with Crippen LogP contribution in [-0.2, 0) is 14.3 Å². The maximum absolute atomic E-state index is 13.6. The quantitative estimate of drug-likeness (QED) is 0.431. The number of fused-ring (bicyclic) bond motifs is 1. The molecule has 1 heterocycles. The number of amides is 2. The molecular formula is C25H30ClN3O4. The highest BCUT2D eigenvalue weighted by Crippen LogP contribution is 2.34. The van der Waals surface area contributed by atoms with Crippen molar-refractivity contribution >= 4 is 40.8 Å². The van der Waals surface area contributed by atoms with E-state index in [-0.39, 0.29) is 18.8 Å². The summed E-state index contributed by atoms with van der Waals surface area (Å²) in [6, 6.07) is 4.05. The van der Waals surface area contributed by atoms with Crippen LogP contribution in [0.15, 0.2) is 42.0 Å². The number of carbonyl (C=O) groups is 3. The van der Waals surface area contributed by atoms with E-state index in [0.717, 1.165) is 18.4 Å². The first kappa shape index (κ1) is 24.6. The molecule has 3 rings (SSSR count). The normalized spacial score (nSPS) is 14.5. The van der Waals surface area contributed by atoms with Crippen molar-refractivity contribution in [1.82, 2.24) is 15.2 Å². The molecule has 0 fully saturated rings. The molecule has 1 unspecified atom stereocenters. The fourth-order valence-corrected chi connectivity index (χ4v) is 4.08.